The molecule has 2 heteroatoms. The molecule has 2 nitrogen and oxygen atoms in total. The lowest BCUT2D eigenvalue weighted by molar-refractivity contribution is 0.617. The van der Waals surface area contributed by atoms with Crippen molar-refractivity contribution in [1.82, 2.24) is 0 Å². The highest BCUT2D eigenvalue weighted by atomic mass is 14.7. The van der Waals surface area contributed by atoms with Crippen molar-refractivity contribution in [1.29, 1.82) is 0 Å². The van der Waals surface area contributed by atoms with E-state index in [1.165, 1.54) is 62.8 Å². The molecule has 0 spiro atoms. The highest BCUT2D eigenvalue weighted by Gasteiger charge is 2.07. The van der Waals surface area contributed by atoms with Gasteiger partial charge in [-0.1, -0.05) is 68.2 Å². The second kappa shape index (κ2) is 15.4. The summed E-state index contributed by atoms with van der Waals surface area (Å²) in [5, 5.41) is 0. The Balaban J connectivity index is 4.05. The summed E-state index contributed by atoms with van der Waals surface area (Å²) in [5.74, 6) is 2.87. The fraction of sp³-hybridized carbons (Fsp3) is 0.917. The van der Waals surface area contributed by atoms with Gasteiger partial charge in [-0.25, -0.2) is 0 Å². The van der Waals surface area contributed by atoms with E-state index in [4.69, 9.17) is 9.98 Å². The maximum atomic E-state index is 4.90. The van der Waals surface area contributed by atoms with Gasteiger partial charge in [-0.05, 0) is 62.2 Å². The van der Waals surface area contributed by atoms with Crippen LogP contribution in [0.15, 0.2) is 9.98 Å². The van der Waals surface area contributed by atoms with Crippen LogP contribution in [0.5, 0.6) is 0 Å². The van der Waals surface area contributed by atoms with Crippen molar-refractivity contribution in [2.45, 2.75) is 107 Å². The minimum Gasteiger partial charge on any atom is -0.294 e. The lowest BCUT2D eigenvalue weighted by Gasteiger charge is -2.12. The summed E-state index contributed by atoms with van der Waals surface area (Å²) in [7, 11) is 0. The van der Waals surface area contributed by atoms with Crippen LogP contribution < -0.4 is 0 Å². The van der Waals surface area contributed by atoms with Gasteiger partial charge in [0.1, 0.15) is 0 Å². The molecule has 0 rings (SSSR count). The second-order valence-corrected chi connectivity index (χ2v) is 9.70. The van der Waals surface area contributed by atoms with Gasteiger partial charge >= 0.3 is 0 Å². The van der Waals surface area contributed by atoms with E-state index in [1.807, 2.05) is 0 Å². The molecule has 0 bridgehead atoms. The van der Waals surface area contributed by atoms with Gasteiger partial charge in [-0.2, -0.15) is 0 Å². The van der Waals surface area contributed by atoms with E-state index in [1.54, 1.807) is 0 Å². The molecule has 0 amide bonds. The van der Waals surface area contributed by atoms with E-state index >= 15 is 0 Å². The molecule has 0 saturated heterocycles. The van der Waals surface area contributed by atoms with Crippen LogP contribution in [-0.4, -0.2) is 24.5 Å². The van der Waals surface area contributed by atoms with Crippen LogP contribution in [0.1, 0.15) is 107 Å². The molecule has 0 fully saturated rings. The highest BCUT2D eigenvalue weighted by molar-refractivity contribution is 5.85. The smallest absolute Gasteiger partial charge is 0.0388 e. The maximum Gasteiger partial charge on any atom is 0.0388 e. The lowest BCUT2D eigenvalue weighted by Crippen LogP contribution is -2.08. The van der Waals surface area contributed by atoms with E-state index in [0.717, 1.165) is 36.8 Å². The van der Waals surface area contributed by atoms with Gasteiger partial charge in [0.2, 0.25) is 0 Å². The first-order valence-electron chi connectivity index (χ1n) is 11.2. The van der Waals surface area contributed by atoms with Crippen molar-refractivity contribution in [3.05, 3.63) is 0 Å². The van der Waals surface area contributed by atoms with E-state index in [-0.39, 0.29) is 0 Å². The Hall–Kier alpha value is -0.660. The Bertz CT molecular complexity index is 327. The molecule has 0 aliphatic heterocycles. The van der Waals surface area contributed by atoms with E-state index in [2.05, 4.69) is 55.4 Å². The number of nitrogens with zero attached hydrogens (tertiary/aromatic N) is 2. The van der Waals surface area contributed by atoms with Gasteiger partial charge in [-0.3, -0.25) is 9.98 Å². The van der Waals surface area contributed by atoms with Crippen molar-refractivity contribution in [2.75, 3.05) is 13.1 Å². The minimum absolute atomic E-state index is 0.719. The van der Waals surface area contributed by atoms with Crippen LogP contribution in [0.4, 0.5) is 0 Å². The van der Waals surface area contributed by atoms with Crippen LogP contribution >= 0.6 is 0 Å². The average Bonchev–Trinajstić information content (AvgIpc) is 2.47. The summed E-state index contributed by atoms with van der Waals surface area (Å²) >= 11 is 0. The Morgan fingerprint density at radius 3 is 0.962 bits per heavy atom. The molecule has 0 radical (unpaired) electrons. The zero-order valence-electron chi connectivity index (χ0n) is 19.3. The minimum atomic E-state index is 0.719. The second-order valence-electron chi connectivity index (χ2n) is 9.70. The topological polar surface area (TPSA) is 24.7 Å². The van der Waals surface area contributed by atoms with Gasteiger partial charge in [0.25, 0.3) is 0 Å². The molecular formula is C24H48N2. The number of unbranched alkanes of at least 4 members (excludes halogenated alkanes) is 3. The third-order valence-electron chi connectivity index (χ3n) is 4.31. The first kappa shape index (κ1) is 25.3. The van der Waals surface area contributed by atoms with Crippen LogP contribution in [0.2, 0.25) is 0 Å². The number of hydrogen-bond acceptors (Lipinski definition) is 2. The fourth-order valence-corrected chi connectivity index (χ4v) is 3.36. The summed E-state index contributed by atoms with van der Waals surface area (Å²) in [6.45, 7) is 20.4. The molecule has 0 aromatic carbocycles. The van der Waals surface area contributed by atoms with Gasteiger partial charge in [0, 0.05) is 24.5 Å². The van der Waals surface area contributed by atoms with Crippen LogP contribution in [0.25, 0.3) is 0 Å². The molecule has 0 aliphatic rings. The zero-order valence-corrected chi connectivity index (χ0v) is 19.3. The van der Waals surface area contributed by atoms with Crippen LogP contribution in [0, 0.1) is 23.7 Å². The molecule has 0 saturated carbocycles. The predicted octanol–water partition coefficient (Wildman–Crippen LogP) is 7.61. The molecule has 0 unspecified atom stereocenters. The average molecular weight is 365 g/mol. The molecule has 0 atom stereocenters. The number of aliphatic imine (C=N–C) groups is 2. The molecule has 154 valence electrons. The van der Waals surface area contributed by atoms with Gasteiger partial charge in [0.15, 0.2) is 0 Å². The molecule has 0 heterocycles. The van der Waals surface area contributed by atoms with Gasteiger partial charge in [0.05, 0.1) is 0 Å². The van der Waals surface area contributed by atoms with E-state index in [0.29, 0.717) is 0 Å². The predicted molar refractivity (Wildman–Crippen MR) is 121 cm³/mol. The van der Waals surface area contributed by atoms with Gasteiger partial charge < -0.3 is 0 Å². The quantitative estimate of drug-likeness (QED) is 0.211. The first-order valence-corrected chi connectivity index (χ1v) is 11.2. The molecule has 0 aromatic heterocycles. The van der Waals surface area contributed by atoms with Crippen molar-refractivity contribution < 1.29 is 0 Å². The molecule has 26 heavy (non-hydrogen) atoms. The summed E-state index contributed by atoms with van der Waals surface area (Å²) in [6.07, 6.45) is 9.71. The summed E-state index contributed by atoms with van der Waals surface area (Å²) in [4.78, 5) is 9.81. The SMILES string of the molecule is CC(C)CC(CC(C)C)=NCCCCCCN=C(CC(C)C)CC(C)C. The molecular weight excluding hydrogens is 316 g/mol. The largest absolute Gasteiger partial charge is 0.294 e. The summed E-state index contributed by atoms with van der Waals surface area (Å²) in [6, 6.07) is 0. The Kier molecular flexibility index (Phi) is 15.0. The van der Waals surface area contributed by atoms with Gasteiger partial charge in [-0.15, -0.1) is 0 Å². The van der Waals surface area contributed by atoms with Crippen molar-refractivity contribution in [2.24, 2.45) is 33.7 Å². The Morgan fingerprint density at radius 1 is 0.462 bits per heavy atom. The normalized spacial score (nSPS) is 11.7. The monoisotopic (exact) mass is 364 g/mol. The maximum absolute atomic E-state index is 4.90. The lowest BCUT2D eigenvalue weighted by atomic mass is 9.98. The third kappa shape index (κ3) is 16.8. The fourth-order valence-electron chi connectivity index (χ4n) is 3.36. The van der Waals surface area contributed by atoms with Crippen LogP contribution in [0.3, 0.4) is 0 Å². The standard InChI is InChI=1S/C24H48N2/c1-19(2)15-23(16-20(3)4)25-13-11-9-10-12-14-26-24(17-21(5)6)18-22(7)8/h19-22H,9-18H2,1-8H3. The summed E-state index contributed by atoms with van der Waals surface area (Å²) in [5.41, 5.74) is 2.87. The summed E-state index contributed by atoms with van der Waals surface area (Å²) < 4.78 is 0. The Labute approximate surface area is 165 Å². The third-order valence-corrected chi connectivity index (χ3v) is 4.31. The number of rotatable bonds is 15. The Morgan fingerprint density at radius 2 is 0.731 bits per heavy atom. The molecule has 0 aromatic rings. The highest BCUT2D eigenvalue weighted by Crippen LogP contribution is 2.12. The number of hydrogen-bond donors (Lipinski definition) is 0. The van der Waals surface area contributed by atoms with Crippen molar-refractivity contribution in [3.8, 4) is 0 Å². The van der Waals surface area contributed by atoms with Crippen molar-refractivity contribution in [3.63, 3.8) is 0 Å². The zero-order chi connectivity index (χ0) is 19.9. The first-order chi connectivity index (χ1) is 12.2. The van der Waals surface area contributed by atoms with Crippen molar-refractivity contribution >= 4 is 11.4 Å². The van der Waals surface area contributed by atoms with E-state index in [9.17, 15) is 0 Å². The molecule has 0 N–H and O–H groups in total. The molecule has 0 aliphatic carbocycles. The van der Waals surface area contributed by atoms with E-state index < -0.39 is 0 Å². The van der Waals surface area contributed by atoms with Crippen LogP contribution in [-0.2, 0) is 0 Å².